The van der Waals surface area contributed by atoms with E-state index in [4.69, 9.17) is 0 Å². The van der Waals surface area contributed by atoms with Crippen LogP contribution in [0, 0.1) is 0 Å². The van der Waals surface area contributed by atoms with E-state index in [1.807, 2.05) is 0 Å². The Labute approximate surface area is 79.6 Å². The van der Waals surface area contributed by atoms with Gasteiger partial charge in [-0.2, -0.15) is 0 Å². The molecule has 1 heterocycles. The lowest BCUT2D eigenvalue weighted by Gasteiger charge is -2.33. The summed E-state index contributed by atoms with van der Waals surface area (Å²) in [5.74, 6) is 0. The SMILES string of the molecule is CN1CCCN[C@H]1c1ccccc1. The molecule has 1 N–H and O–H groups in total. The lowest BCUT2D eigenvalue weighted by atomic mass is 10.1. The average molecular weight is 176 g/mol. The third kappa shape index (κ3) is 1.90. The minimum absolute atomic E-state index is 0.412. The van der Waals surface area contributed by atoms with E-state index in [0.717, 1.165) is 6.54 Å². The lowest BCUT2D eigenvalue weighted by Crippen LogP contribution is -2.42. The Kier molecular flexibility index (Phi) is 2.62. The molecule has 1 aliphatic heterocycles. The summed E-state index contributed by atoms with van der Waals surface area (Å²) in [5, 5.41) is 3.51. The molecule has 2 nitrogen and oxygen atoms in total. The molecule has 1 saturated heterocycles. The van der Waals surface area contributed by atoms with Crippen LogP contribution >= 0.6 is 0 Å². The number of hydrogen-bond donors (Lipinski definition) is 1. The first-order valence-electron chi connectivity index (χ1n) is 4.86. The molecule has 13 heavy (non-hydrogen) atoms. The smallest absolute Gasteiger partial charge is 0.0858 e. The van der Waals surface area contributed by atoms with Crippen LogP contribution in [0.1, 0.15) is 18.2 Å². The van der Waals surface area contributed by atoms with Crippen LogP contribution in [0.5, 0.6) is 0 Å². The highest BCUT2D eigenvalue weighted by atomic mass is 15.3. The molecule has 0 saturated carbocycles. The van der Waals surface area contributed by atoms with Gasteiger partial charge in [-0.3, -0.25) is 10.2 Å². The summed E-state index contributed by atoms with van der Waals surface area (Å²) >= 11 is 0. The monoisotopic (exact) mass is 176 g/mol. The standard InChI is InChI=1S/C11H16N2/c1-13-9-5-8-12-11(13)10-6-3-2-4-7-10/h2-4,6-7,11-12H,5,8-9H2,1H3/t11-/m1/s1. The first-order valence-corrected chi connectivity index (χ1v) is 4.86. The van der Waals surface area contributed by atoms with Crippen molar-refractivity contribution in [3.63, 3.8) is 0 Å². The van der Waals surface area contributed by atoms with Crippen LogP contribution in [0.3, 0.4) is 0 Å². The van der Waals surface area contributed by atoms with Gasteiger partial charge in [0.2, 0.25) is 0 Å². The van der Waals surface area contributed by atoms with E-state index in [0.29, 0.717) is 6.17 Å². The van der Waals surface area contributed by atoms with E-state index < -0.39 is 0 Å². The summed E-state index contributed by atoms with van der Waals surface area (Å²) < 4.78 is 0. The van der Waals surface area contributed by atoms with E-state index in [1.54, 1.807) is 0 Å². The van der Waals surface area contributed by atoms with Gasteiger partial charge in [-0.15, -0.1) is 0 Å². The topological polar surface area (TPSA) is 15.3 Å². The summed E-state index contributed by atoms with van der Waals surface area (Å²) in [4.78, 5) is 2.36. The van der Waals surface area contributed by atoms with Crippen LogP contribution in [0.25, 0.3) is 0 Å². The fourth-order valence-electron chi connectivity index (χ4n) is 1.86. The molecule has 0 unspecified atom stereocenters. The molecule has 0 radical (unpaired) electrons. The average Bonchev–Trinajstić information content (AvgIpc) is 2.20. The molecule has 1 fully saturated rings. The van der Waals surface area contributed by atoms with Crippen LogP contribution in [-0.4, -0.2) is 25.0 Å². The van der Waals surface area contributed by atoms with Gasteiger partial charge in [-0.05, 0) is 25.6 Å². The molecule has 70 valence electrons. The van der Waals surface area contributed by atoms with Crippen molar-refractivity contribution in [3.05, 3.63) is 35.9 Å². The van der Waals surface area contributed by atoms with Crippen molar-refractivity contribution < 1.29 is 0 Å². The van der Waals surface area contributed by atoms with E-state index in [-0.39, 0.29) is 0 Å². The number of rotatable bonds is 1. The van der Waals surface area contributed by atoms with Crippen LogP contribution in [0.2, 0.25) is 0 Å². The maximum absolute atomic E-state index is 3.51. The summed E-state index contributed by atoms with van der Waals surface area (Å²) in [7, 11) is 2.17. The molecule has 1 atom stereocenters. The Hall–Kier alpha value is -0.860. The van der Waals surface area contributed by atoms with Gasteiger partial charge in [-0.25, -0.2) is 0 Å². The van der Waals surface area contributed by atoms with Gasteiger partial charge >= 0.3 is 0 Å². The van der Waals surface area contributed by atoms with E-state index >= 15 is 0 Å². The van der Waals surface area contributed by atoms with Gasteiger partial charge in [0.25, 0.3) is 0 Å². The molecule has 0 aliphatic carbocycles. The minimum Gasteiger partial charge on any atom is -0.298 e. The minimum atomic E-state index is 0.412. The van der Waals surface area contributed by atoms with E-state index in [9.17, 15) is 0 Å². The Balaban J connectivity index is 2.15. The first kappa shape index (κ1) is 8.73. The Bertz CT molecular complexity index is 258. The van der Waals surface area contributed by atoms with Crippen LogP contribution in [-0.2, 0) is 0 Å². The summed E-state index contributed by atoms with van der Waals surface area (Å²) in [5.41, 5.74) is 1.37. The Morgan fingerprint density at radius 2 is 2.08 bits per heavy atom. The number of hydrogen-bond acceptors (Lipinski definition) is 2. The molecular weight excluding hydrogens is 160 g/mol. The maximum Gasteiger partial charge on any atom is 0.0858 e. The van der Waals surface area contributed by atoms with Gasteiger partial charge in [0.15, 0.2) is 0 Å². The third-order valence-corrected chi connectivity index (χ3v) is 2.58. The molecule has 0 amide bonds. The number of nitrogens with one attached hydrogen (secondary N) is 1. The van der Waals surface area contributed by atoms with Gasteiger partial charge in [0, 0.05) is 6.54 Å². The van der Waals surface area contributed by atoms with Crippen LogP contribution < -0.4 is 5.32 Å². The summed E-state index contributed by atoms with van der Waals surface area (Å²) in [6, 6.07) is 10.6. The lowest BCUT2D eigenvalue weighted by molar-refractivity contribution is 0.167. The summed E-state index contributed by atoms with van der Waals surface area (Å²) in [6.45, 7) is 2.32. The van der Waals surface area contributed by atoms with Gasteiger partial charge in [0.05, 0.1) is 6.17 Å². The molecular formula is C11H16N2. The predicted octanol–water partition coefficient (Wildman–Crippen LogP) is 1.61. The van der Waals surface area contributed by atoms with Crippen molar-refractivity contribution in [1.29, 1.82) is 0 Å². The van der Waals surface area contributed by atoms with Gasteiger partial charge in [-0.1, -0.05) is 30.3 Å². The molecule has 0 bridgehead atoms. The zero-order valence-electron chi connectivity index (χ0n) is 8.03. The zero-order chi connectivity index (χ0) is 9.10. The van der Waals surface area contributed by atoms with Gasteiger partial charge < -0.3 is 0 Å². The van der Waals surface area contributed by atoms with Crippen molar-refractivity contribution >= 4 is 0 Å². The molecule has 2 heteroatoms. The van der Waals surface area contributed by atoms with Crippen molar-refractivity contribution in [2.75, 3.05) is 20.1 Å². The Morgan fingerprint density at radius 3 is 2.77 bits per heavy atom. The van der Waals surface area contributed by atoms with Crippen molar-refractivity contribution in [3.8, 4) is 0 Å². The van der Waals surface area contributed by atoms with Crippen LogP contribution in [0.15, 0.2) is 30.3 Å². The van der Waals surface area contributed by atoms with Crippen molar-refractivity contribution in [2.45, 2.75) is 12.6 Å². The highest BCUT2D eigenvalue weighted by Gasteiger charge is 2.18. The first-order chi connectivity index (χ1) is 6.38. The number of benzene rings is 1. The van der Waals surface area contributed by atoms with Gasteiger partial charge in [0.1, 0.15) is 0 Å². The van der Waals surface area contributed by atoms with Crippen molar-refractivity contribution in [1.82, 2.24) is 10.2 Å². The molecule has 1 aromatic rings. The largest absolute Gasteiger partial charge is 0.298 e. The second-order valence-corrected chi connectivity index (χ2v) is 3.60. The van der Waals surface area contributed by atoms with E-state index in [1.165, 1.54) is 18.5 Å². The number of nitrogens with zero attached hydrogens (tertiary/aromatic N) is 1. The second-order valence-electron chi connectivity index (χ2n) is 3.60. The second kappa shape index (κ2) is 3.90. The Morgan fingerprint density at radius 1 is 1.31 bits per heavy atom. The molecule has 1 aromatic carbocycles. The fraction of sp³-hybridized carbons (Fsp3) is 0.455. The fourth-order valence-corrected chi connectivity index (χ4v) is 1.86. The molecule has 0 aromatic heterocycles. The van der Waals surface area contributed by atoms with Crippen LogP contribution in [0.4, 0.5) is 0 Å². The maximum atomic E-state index is 3.51. The normalized spacial score (nSPS) is 24.5. The highest BCUT2D eigenvalue weighted by Crippen LogP contribution is 2.18. The predicted molar refractivity (Wildman–Crippen MR) is 54.4 cm³/mol. The zero-order valence-corrected chi connectivity index (χ0v) is 8.03. The summed E-state index contributed by atoms with van der Waals surface area (Å²) in [6.07, 6.45) is 1.66. The highest BCUT2D eigenvalue weighted by molar-refractivity contribution is 5.18. The molecule has 0 spiro atoms. The quantitative estimate of drug-likeness (QED) is 0.699. The molecule has 1 aliphatic rings. The third-order valence-electron chi connectivity index (χ3n) is 2.58. The van der Waals surface area contributed by atoms with Crippen molar-refractivity contribution in [2.24, 2.45) is 0 Å². The molecule has 2 rings (SSSR count). The van der Waals surface area contributed by atoms with E-state index in [2.05, 4.69) is 47.6 Å².